The first-order valence-electron chi connectivity index (χ1n) is 5.55. The molecule has 0 saturated carbocycles. The summed E-state index contributed by atoms with van der Waals surface area (Å²) < 4.78 is 0. The summed E-state index contributed by atoms with van der Waals surface area (Å²) in [6, 6.07) is 2.34. The second-order valence-electron chi connectivity index (χ2n) is 4.01. The molecule has 88 valence electrons. The molecule has 1 aliphatic heterocycles. The Hall–Kier alpha value is -0.650. The van der Waals surface area contributed by atoms with Crippen molar-refractivity contribution < 1.29 is 0 Å². The third-order valence-corrected chi connectivity index (χ3v) is 3.81. The molecule has 16 heavy (non-hydrogen) atoms. The molecule has 1 saturated heterocycles. The normalized spacial score (nSPS) is 22.2. The Morgan fingerprint density at radius 2 is 2.50 bits per heavy atom. The number of thioether (sulfide) groups is 1. The number of rotatable bonds is 3. The Balaban J connectivity index is 2.15. The van der Waals surface area contributed by atoms with E-state index in [-0.39, 0.29) is 0 Å². The minimum absolute atomic E-state index is 0.371. The zero-order valence-corrected chi connectivity index (χ0v) is 10.6. The van der Waals surface area contributed by atoms with Gasteiger partial charge in [0.05, 0.1) is 11.7 Å². The first-order chi connectivity index (χ1) is 7.81. The topological polar surface area (TPSA) is 41.1 Å². The number of aromatic nitrogens is 2. The van der Waals surface area contributed by atoms with Crippen LogP contribution in [0.2, 0.25) is 0 Å². The maximum absolute atomic E-state index is 4.61. The van der Waals surface area contributed by atoms with Crippen LogP contribution in [0.15, 0.2) is 12.3 Å². The SMILES string of the molecule is CNCc1ccnc(C2CSCCN2C)n1. The zero-order chi connectivity index (χ0) is 11.4. The first-order valence-corrected chi connectivity index (χ1v) is 6.71. The Labute approximate surface area is 101 Å². The van der Waals surface area contributed by atoms with Gasteiger partial charge in [-0.25, -0.2) is 9.97 Å². The number of nitrogens with zero attached hydrogens (tertiary/aromatic N) is 3. The van der Waals surface area contributed by atoms with Gasteiger partial charge >= 0.3 is 0 Å². The van der Waals surface area contributed by atoms with Crippen LogP contribution in [0, 0.1) is 0 Å². The molecule has 0 spiro atoms. The van der Waals surface area contributed by atoms with Gasteiger partial charge in [0.25, 0.3) is 0 Å². The lowest BCUT2D eigenvalue weighted by molar-refractivity contribution is 0.264. The summed E-state index contributed by atoms with van der Waals surface area (Å²) in [5.41, 5.74) is 1.07. The fraction of sp³-hybridized carbons (Fsp3) is 0.636. The van der Waals surface area contributed by atoms with E-state index in [1.165, 1.54) is 5.75 Å². The van der Waals surface area contributed by atoms with E-state index >= 15 is 0 Å². The van der Waals surface area contributed by atoms with E-state index in [2.05, 4.69) is 27.2 Å². The van der Waals surface area contributed by atoms with E-state index in [0.29, 0.717) is 6.04 Å². The third kappa shape index (κ3) is 2.72. The lowest BCUT2D eigenvalue weighted by Crippen LogP contribution is -2.34. The molecule has 4 nitrogen and oxygen atoms in total. The molecule has 0 amide bonds. The van der Waals surface area contributed by atoms with Crippen molar-refractivity contribution in [1.29, 1.82) is 0 Å². The highest BCUT2D eigenvalue weighted by molar-refractivity contribution is 7.99. The van der Waals surface area contributed by atoms with Crippen molar-refractivity contribution in [2.45, 2.75) is 12.6 Å². The van der Waals surface area contributed by atoms with Crippen molar-refractivity contribution >= 4 is 11.8 Å². The van der Waals surface area contributed by atoms with Crippen molar-refractivity contribution in [3.8, 4) is 0 Å². The Kier molecular flexibility index (Phi) is 4.15. The molecule has 1 N–H and O–H groups in total. The van der Waals surface area contributed by atoms with Gasteiger partial charge in [0.2, 0.25) is 0 Å². The highest BCUT2D eigenvalue weighted by atomic mass is 32.2. The molecule has 0 bridgehead atoms. The molecule has 1 aromatic rings. The molecule has 5 heteroatoms. The first kappa shape index (κ1) is 11.8. The van der Waals surface area contributed by atoms with Crippen molar-refractivity contribution in [2.24, 2.45) is 0 Å². The van der Waals surface area contributed by atoms with Gasteiger partial charge in [-0.05, 0) is 20.2 Å². The van der Waals surface area contributed by atoms with Gasteiger partial charge in [0.1, 0.15) is 5.82 Å². The highest BCUT2D eigenvalue weighted by Gasteiger charge is 2.23. The van der Waals surface area contributed by atoms with Crippen LogP contribution in [0.3, 0.4) is 0 Å². The van der Waals surface area contributed by atoms with Crippen molar-refractivity contribution in [2.75, 3.05) is 32.1 Å². The average Bonchev–Trinajstić information content (AvgIpc) is 2.30. The van der Waals surface area contributed by atoms with Gasteiger partial charge in [0.15, 0.2) is 0 Å². The summed E-state index contributed by atoms with van der Waals surface area (Å²) in [4.78, 5) is 11.4. The van der Waals surface area contributed by atoms with Crippen LogP contribution in [0.5, 0.6) is 0 Å². The van der Waals surface area contributed by atoms with Gasteiger partial charge in [0, 0.05) is 30.8 Å². The van der Waals surface area contributed by atoms with Gasteiger partial charge < -0.3 is 5.32 Å². The molecule has 1 unspecified atom stereocenters. The highest BCUT2D eigenvalue weighted by Crippen LogP contribution is 2.25. The van der Waals surface area contributed by atoms with Gasteiger partial charge in [-0.15, -0.1) is 0 Å². The lowest BCUT2D eigenvalue weighted by Gasteiger charge is -2.30. The lowest BCUT2D eigenvalue weighted by atomic mass is 10.2. The number of hydrogen-bond acceptors (Lipinski definition) is 5. The van der Waals surface area contributed by atoms with Gasteiger partial charge in [-0.2, -0.15) is 11.8 Å². The maximum atomic E-state index is 4.61. The predicted octanol–water partition coefficient (Wildman–Crippen LogP) is 0.916. The van der Waals surface area contributed by atoms with Crippen molar-refractivity contribution in [1.82, 2.24) is 20.2 Å². The van der Waals surface area contributed by atoms with Gasteiger partial charge in [-0.3, -0.25) is 4.90 Å². The zero-order valence-electron chi connectivity index (χ0n) is 9.81. The average molecular weight is 238 g/mol. The summed E-state index contributed by atoms with van der Waals surface area (Å²) in [6.45, 7) is 1.92. The molecule has 1 fully saturated rings. The second kappa shape index (κ2) is 5.61. The summed E-state index contributed by atoms with van der Waals surface area (Å²) in [7, 11) is 4.09. The molecular weight excluding hydrogens is 220 g/mol. The van der Waals surface area contributed by atoms with E-state index in [1.807, 2.05) is 31.1 Å². The molecule has 0 aliphatic carbocycles. The molecule has 2 heterocycles. The summed E-state index contributed by atoms with van der Waals surface area (Å²) >= 11 is 1.98. The summed E-state index contributed by atoms with van der Waals surface area (Å²) in [5, 5.41) is 3.12. The minimum Gasteiger partial charge on any atom is -0.314 e. The van der Waals surface area contributed by atoms with Crippen LogP contribution in [-0.2, 0) is 6.54 Å². The molecule has 1 aliphatic rings. The minimum atomic E-state index is 0.371. The fourth-order valence-corrected chi connectivity index (χ4v) is 3.02. The van der Waals surface area contributed by atoms with Crippen LogP contribution >= 0.6 is 11.8 Å². The van der Waals surface area contributed by atoms with Crippen LogP contribution in [0.4, 0.5) is 0 Å². The standard InChI is InChI=1S/C11H18N4S/c1-12-7-9-3-4-13-11(14-9)10-8-16-6-5-15(10)2/h3-4,10,12H,5-8H2,1-2H3. The van der Waals surface area contributed by atoms with E-state index in [9.17, 15) is 0 Å². The maximum Gasteiger partial charge on any atom is 0.146 e. The second-order valence-corrected chi connectivity index (χ2v) is 5.16. The molecule has 1 atom stereocenters. The Bertz CT molecular complexity index is 345. The van der Waals surface area contributed by atoms with Crippen LogP contribution in [-0.4, -0.2) is 47.0 Å². The van der Waals surface area contributed by atoms with E-state index in [4.69, 9.17) is 0 Å². The molecule has 0 radical (unpaired) electrons. The van der Waals surface area contributed by atoms with Crippen LogP contribution in [0.25, 0.3) is 0 Å². The smallest absolute Gasteiger partial charge is 0.146 e. The van der Waals surface area contributed by atoms with E-state index in [1.54, 1.807) is 0 Å². The number of hydrogen-bond donors (Lipinski definition) is 1. The largest absolute Gasteiger partial charge is 0.314 e. The quantitative estimate of drug-likeness (QED) is 0.848. The van der Waals surface area contributed by atoms with E-state index in [0.717, 1.165) is 30.4 Å². The van der Waals surface area contributed by atoms with Crippen LogP contribution < -0.4 is 5.32 Å². The van der Waals surface area contributed by atoms with Crippen molar-refractivity contribution in [3.05, 3.63) is 23.8 Å². The molecule has 0 aromatic carbocycles. The summed E-state index contributed by atoms with van der Waals surface area (Å²) in [5.74, 6) is 3.27. The molecular formula is C11H18N4S. The summed E-state index contributed by atoms with van der Waals surface area (Å²) in [6.07, 6.45) is 1.86. The number of nitrogens with one attached hydrogen (secondary N) is 1. The molecule has 2 rings (SSSR count). The predicted molar refractivity (Wildman–Crippen MR) is 67.5 cm³/mol. The third-order valence-electron chi connectivity index (χ3n) is 2.78. The van der Waals surface area contributed by atoms with Crippen LogP contribution in [0.1, 0.15) is 17.6 Å². The van der Waals surface area contributed by atoms with E-state index < -0.39 is 0 Å². The Morgan fingerprint density at radius 1 is 1.62 bits per heavy atom. The van der Waals surface area contributed by atoms with Gasteiger partial charge in [-0.1, -0.05) is 0 Å². The van der Waals surface area contributed by atoms with Crippen molar-refractivity contribution in [3.63, 3.8) is 0 Å². The fourth-order valence-electron chi connectivity index (χ4n) is 1.81. The Morgan fingerprint density at radius 3 is 3.25 bits per heavy atom. The monoisotopic (exact) mass is 238 g/mol. The molecule has 1 aromatic heterocycles.